The number of carbonyl (C=O) groups is 1. The van der Waals surface area contributed by atoms with Gasteiger partial charge in [-0.2, -0.15) is 0 Å². The minimum atomic E-state index is -0.338. The fourth-order valence-corrected chi connectivity index (χ4v) is 1.78. The lowest BCUT2D eigenvalue weighted by molar-refractivity contribution is 0.0596. The van der Waals surface area contributed by atoms with Gasteiger partial charge in [-0.25, -0.2) is 4.79 Å². The molecule has 0 aromatic heterocycles. The summed E-state index contributed by atoms with van der Waals surface area (Å²) in [5, 5.41) is 0. The SMILES string of the molecule is COC(=O)c1cc(C)ccc1OCCC1CC1. The van der Waals surface area contributed by atoms with Crippen LogP contribution in [0.1, 0.15) is 35.2 Å². The van der Waals surface area contributed by atoms with Crippen LogP contribution >= 0.6 is 0 Å². The molecule has 1 aromatic carbocycles. The number of aryl methyl sites for hydroxylation is 1. The largest absolute Gasteiger partial charge is 0.493 e. The van der Waals surface area contributed by atoms with Crippen molar-refractivity contribution in [2.24, 2.45) is 5.92 Å². The molecule has 17 heavy (non-hydrogen) atoms. The Morgan fingerprint density at radius 3 is 2.82 bits per heavy atom. The predicted octanol–water partition coefficient (Wildman–Crippen LogP) is 2.96. The molecule has 1 aromatic rings. The van der Waals surface area contributed by atoms with Gasteiger partial charge in [0.25, 0.3) is 0 Å². The van der Waals surface area contributed by atoms with Gasteiger partial charge in [0.2, 0.25) is 0 Å². The predicted molar refractivity (Wildman–Crippen MR) is 65.4 cm³/mol. The van der Waals surface area contributed by atoms with E-state index in [1.165, 1.54) is 20.0 Å². The maximum atomic E-state index is 11.6. The molecule has 2 rings (SSSR count). The van der Waals surface area contributed by atoms with Crippen molar-refractivity contribution in [2.75, 3.05) is 13.7 Å². The molecule has 1 saturated carbocycles. The molecular formula is C14H18O3. The number of ether oxygens (including phenoxy) is 2. The van der Waals surface area contributed by atoms with Gasteiger partial charge >= 0.3 is 5.97 Å². The molecule has 1 aliphatic rings. The summed E-state index contributed by atoms with van der Waals surface area (Å²) in [6.07, 6.45) is 3.72. The summed E-state index contributed by atoms with van der Waals surface area (Å²) in [5.74, 6) is 1.13. The quantitative estimate of drug-likeness (QED) is 0.735. The van der Waals surface area contributed by atoms with Crippen LogP contribution in [0, 0.1) is 12.8 Å². The zero-order valence-electron chi connectivity index (χ0n) is 10.4. The average molecular weight is 234 g/mol. The molecule has 0 aliphatic heterocycles. The smallest absolute Gasteiger partial charge is 0.341 e. The number of methoxy groups -OCH3 is 1. The van der Waals surface area contributed by atoms with Crippen molar-refractivity contribution in [2.45, 2.75) is 26.2 Å². The molecule has 0 bridgehead atoms. The first-order valence-corrected chi connectivity index (χ1v) is 6.02. The fraction of sp³-hybridized carbons (Fsp3) is 0.500. The van der Waals surface area contributed by atoms with E-state index >= 15 is 0 Å². The van der Waals surface area contributed by atoms with Crippen molar-refractivity contribution in [3.05, 3.63) is 29.3 Å². The summed E-state index contributed by atoms with van der Waals surface area (Å²) in [7, 11) is 1.39. The van der Waals surface area contributed by atoms with Gasteiger partial charge in [-0.3, -0.25) is 0 Å². The van der Waals surface area contributed by atoms with Gasteiger partial charge < -0.3 is 9.47 Å². The van der Waals surface area contributed by atoms with Crippen LogP contribution in [0.25, 0.3) is 0 Å². The molecule has 0 amide bonds. The Bertz CT molecular complexity index is 408. The molecule has 3 heteroatoms. The molecule has 0 saturated heterocycles. The third-order valence-corrected chi connectivity index (χ3v) is 3.02. The van der Waals surface area contributed by atoms with Crippen LogP contribution in [0.3, 0.4) is 0 Å². The number of hydrogen-bond donors (Lipinski definition) is 0. The maximum Gasteiger partial charge on any atom is 0.341 e. The normalized spacial score (nSPS) is 14.5. The zero-order chi connectivity index (χ0) is 12.3. The number of esters is 1. The summed E-state index contributed by atoms with van der Waals surface area (Å²) in [4.78, 5) is 11.6. The molecule has 0 heterocycles. The van der Waals surface area contributed by atoms with E-state index in [2.05, 4.69) is 0 Å². The number of hydrogen-bond acceptors (Lipinski definition) is 3. The van der Waals surface area contributed by atoms with E-state index in [1.807, 2.05) is 19.1 Å². The van der Waals surface area contributed by atoms with E-state index in [1.54, 1.807) is 6.07 Å². The minimum Gasteiger partial charge on any atom is -0.493 e. The molecule has 1 aliphatic carbocycles. The van der Waals surface area contributed by atoms with Gasteiger partial charge in [0, 0.05) is 0 Å². The Balaban J connectivity index is 2.04. The van der Waals surface area contributed by atoms with Gasteiger partial charge in [-0.15, -0.1) is 0 Å². The van der Waals surface area contributed by atoms with E-state index in [0.29, 0.717) is 17.9 Å². The van der Waals surface area contributed by atoms with Crippen LogP contribution in [-0.4, -0.2) is 19.7 Å². The lowest BCUT2D eigenvalue weighted by Gasteiger charge is -2.10. The van der Waals surface area contributed by atoms with Gasteiger partial charge in [0.1, 0.15) is 11.3 Å². The highest BCUT2D eigenvalue weighted by atomic mass is 16.5. The standard InChI is InChI=1S/C14H18O3/c1-10-3-6-13(12(9-10)14(15)16-2)17-8-7-11-4-5-11/h3,6,9,11H,4-5,7-8H2,1-2H3. The van der Waals surface area contributed by atoms with Crippen molar-refractivity contribution < 1.29 is 14.3 Å². The van der Waals surface area contributed by atoms with Crippen LogP contribution in [-0.2, 0) is 4.74 Å². The number of rotatable bonds is 5. The van der Waals surface area contributed by atoms with Crippen molar-refractivity contribution in [3.63, 3.8) is 0 Å². The second-order valence-corrected chi connectivity index (χ2v) is 4.57. The monoisotopic (exact) mass is 234 g/mol. The van der Waals surface area contributed by atoms with E-state index in [9.17, 15) is 4.79 Å². The summed E-state index contributed by atoms with van der Waals surface area (Å²) < 4.78 is 10.4. The average Bonchev–Trinajstić information content (AvgIpc) is 3.14. The van der Waals surface area contributed by atoms with Gasteiger partial charge in [-0.05, 0) is 31.4 Å². The van der Waals surface area contributed by atoms with E-state index in [0.717, 1.165) is 17.9 Å². The molecular weight excluding hydrogens is 216 g/mol. The Morgan fingerprint density at radius 2 is 2.18 bits per heavy atom. The van der Waals surface area contributed by atoms with Crippen LogP contribution in [0.4, 0.5) is 0 Å². The highest BCUT2D eigenvalue weighted by molar-refractivity contribution is 5.92. The molecule has 0 atom stereocenters. The fourth-order valence-electron chi connectivity index (χ4n) is 1.78. The van der Waals surface area contributed by atoms with E-state index < -0.39 is 0 Å². The summed E-state index contributed by atoms with van der Waals surface area (Å²) >= 11 is 0. The lowest BCUT2D eigenvalue weighted by Crippen LogP contribution is -2.07. The summed E-state index contributed by atoms with van der Waals surface area (Å²) in [6, 6.07) is 5.59. The second kappa shape index (κ2) is 5.21. The third kappa shape index (κ3) is 3.22. The van der Waals surface area contributed by atoms with Crippen LogP contribution in [0.15, 0.2) is 18.2 Å². The van der Waals surface area contributed by atoms with Crippen molar-refractivity contribution in [1.82, 2.24) is 0 Å². The third-order valence-electron chi connectivity index (χ3n) is 3.02. The molecule has 92 valence electrons. The van der Waals surface area contributed by atoms with Crippen molar-refractivity contribution >= 4 is 5.97 Å². The Morgan fingerprint density at radius 1 is 1.41 bits per heavy atom. The van der Waals surface area contributed by atoms with Gasteiger partial charge in [0.15, 0.2) is 0 Å². The van der Waals surface area contributed by atoms with Crippen LogP contribution in [0.5, 0.6) is 5.75 Å². The van der Waals surface area contributed by atoms with E-state index in [-0.39, 0.29) is 5.97 Å². The number of carbonyl (C=O) groups excluding carboxylic acids is 1. The second-order valence-electron chi connectivity index (χ2n) is 4.57. The van der Waals surface area contributed by atoms with E-state index in [4.69, 9.17) is 9.47 Å². The molecule has 0 radical (unpaired) electrons. The van der Waals surface area contributed by atoms with Crippen molar-refractivity contribution in [3.8, 4) is 5.75 Å². The molecule has 1 fully saturated rings. The van der Waals surface area contributed by atoms with Crippen LogP contribution in [0.2, 0.25) is 0 Å². The van der Waals surface area contributed by atoms with Gasteiger partial charge in [-0.1, -0.05) is 24.5 Å². The highest BCUT2D eigenvalue weighted by Gasteiger charge is 2.21. The Labute approximate surface area is 102 Å². The molecule has 3 nitrogen and oxygen atoms in total. The zero-order valence-corrected chi connectivity index (χ0v) is 10.4. The number of benzene rings is 1. The Hall–Kier alpha value is -1.51. The van der Waals surface area contributed by atoms with Crippen molar-refractivity contribution in [1.29, 1.82) is 0 Å². The highest BCUT2D eigenvalue weighted by Crippen LogP contribution is 2.32. The molecule has 0 spiro atoms. The maximum absolute atomic E-state index is 11.6. The first-order valence-electron chi connectivity index (χ1n) is 6.02. The minimum absolute atomic E-state index is 0.338. The van der Waals surface area contributed by atoms with Crippen LogP contribution < -0.4 is 4.74 Å². The summed E-state index contributed by atoms with van der Waals surface area (Å²) in [5.41, 5.74) is 1.54. The molecule has 0 unspecified atom stereocenters. The molecule has 0 N–H and O–H groups in total. The Kier molecular flexibility index (Phi) is 3.67. The topological polar surface area (TPSA) is 35.5 Å². The lowest BCUT2D eigenvalue weighted by atomic mass is 10.1. The first-order chi connectivity index (χ1) is 8.20. The summed E-state index contributed by atoms with van der Waals surface area (Å²) in [6.45, 7) is 2.62. The first kappa shape index (κ1) is 12.0. The van der Waals surface area contributed by atoms with Gasteiger partial charge in [0.05, 0.1) is 13.7 Å².